The van der Waals surface area contributed by atoms with Crippen molar-refractivity contribution in [2.24, 2.45) is 0 Å². The number of rotatable bonds is 8. The molecule has 1 amide bonds. The van der Waals surface area contributed by atoms with Crippen molar-refractivity contribution >= 4 is 33.9 Å². The van der Waals surface area contributed by atoms with Gasteiger partial charge in [0.2, 0.25) is 5.91 Å². The number of likely N-dealkylation sites (N-methyl/N-ethyl adjacent to an activating group) is 1. The van der Waals surface area contributed by atoms with Gasteiger partial charge in [-0.15, -0.1) is 0 Å². The largest absolute Gasteiger partial charge is 0.495 e. The number of nitrogens with zero attached hydrogens (tertiary/aromatic N) is 2. The average molecular weight is 458 g/mol. The molecule has 0 aliphatic rings. The van der Waals surface area contributed by atoms with Crippen LogP contribution in [-0.4, -0.2) is 38.6 Å². The summed E-state index contributed by atoms with van der Waals surface area (Å²) in [4.78, 5) is 28.7. The van der Waals surface area contributed by atoms with Gasteiger partial charge < -0.3 is 19.4 Å². The Morgan fingerprint density at radius 1 is 0.971 bits per heavy atom. The Labute approximate surface area is 198 Å². The van der Waals surface area contributed by atoms with Crippen LogP contribution < -0.4 is 20.6 Å². The summed E-state index contributed by atoms with van der Waals surface area (Å²) in [6, 6.07) is 24.3. The lowest BCUT2D eigenvalue weighted by atomic mass is 10.1. The molecule has 0 atom stereocenters. The second-order valence-corrected chi connectivity index (χ2v) is 8.10. The molecule has 0 fully saturated rings. The lowest BCUT2D eigenvalue weighted by molar-refractivity contribution is -0.117. The number of ether oxygens (including phenoxy) is 1. The van der Waals surface area contributed by atoms with Gasteiger partial charge in [-0.25, -0.2) is 4.79 Å². The third-order valence-corrected chi connectivity index (χ3v) is 5.54. The van der Waals surface area contributed by atoms with Crippen LogP contribution in [0.2, 0.25) is 0 Å². The number of para-hydroxylation sites is 1. The second kappa shape index (κ2) is 10.2. The summed E-state index contributed by atoms with van der Waals surface area (Å²) < 4.78 is 10.8. The molecule has 0 saturated carbocycles. The van der Waals surface area contributed by atoms with Crippen molar-refractivity contribution in [3.63, 3.8) is 0 Å². The third-order valence-electron chi connectivity index (χ3n) is 5.54. The second-order valence-electron chi connectivity index (χ2n) is 8.10. The predicted molar refractivity (Wildman–Crippen MR) is 135 cm³/mol. The van der Waals surface area contributed by atoms with Gasteiger partial charge in [-0.3, -0.25) is 9.69 Å². The van der Waals surface area contributed by atoms with E-state index in [4.69, 9.17) is 9.15 Å². The van der Waals surface area contributed by atoms with Crippen molar-refractivity contribution in [2.45, 2.75) is 6.54 Å². The zero-order valence-electron chi connectivity index (χ0n) is 19.4. The molecule has 1 heterocycles. The van der Waals surface area contributed by atoms with Crippen LogP contribution >= 0.6 is 0 Å². The molecule has 0 unspecified atom stereocenters. The molecule has 3 aromatic carbocycles. The molecule has 1 N–H and O–H groups in total. The molecule has 0 spiro atoms. The van der Waals surface area contributed by atoms with E-state index in [0.29, 0.717) is 29.3 Å². The molecule has 0 aliphatic carbocycles. The van der Waals surface area contributed by atoms with Crippen LogP contribution in [0.1, 0.15) is 5.56 Å². The number of amides is 1. The number of benzene rings is 3. The van der Waals surface area contributed by atoms with E-state index in [2.05, 4.69) is 5.32 Å². The molecule has 7 nitrogen and oxygen atoms in total. The van der Waals surface area contributed by atoms with Crippen molar-refractivity contribution < 1.29 is 13.9 Å². The number of hydrogen-bond acceptors (Lipinski definition) is 6. The zero-order chi connectivity index (χ0) is 24.1. The number of nitrogens with one attached hydrogen (secondary N) is 1. The van der Waals surface area contributed by atoms with Gasteiger partial charge in [0.25, 0.3) is 0 Å². The fraction of sp³-hybridized carbons (Fsp3) is 0.185. The van der Waals surface area contributed by atoms with Gasteiger partial charge in [0, 0.05) is 30.7 Å². The molecular formula is C27H27N3O4. The van der Waals surface area contributed by atoms with Crippen molar-refractivity contribution in [2.75, 3.05) is 38.0 Å². The van der Waals surface area contributed by atoms with Gasteiger partial charge in [-0.05, 0) is 42.9 Å². The van der Waals surface area contributed by atoms with Crippen molar-refractivity contribution in [3.05, 3.63) is 94.8 Å². The highest BCUT2D eigenvalue weighted by Crippen LogP contribution is 2.34. The molecule has 0 bridgehead atoms. The maximum Gasteiger partial charge on any atom is 0.338 e. The highest BCUT2D eigenvalue weighted by atomic mass is 16.5. The Morgan fingerprint density at radius 3 is 2.47 bits per heavy atom. The van der Waals surface area contributed by atoms with Crippen LogP contribution in [0.4, 0.5) is 17.1 Å². The summed E-state index contributed by atoms with van der Waals surface area (Å²) >= 11 is 0. The van der Waals surface area contributed by atoms with Crippen molar-refractivity contribution in [1.82, 2.24) is 4.90 Å². The molecule has 7 heteroatoms. The van der Waals surface area contributed by atoms with Crippen LogP contribution in [0.15, 0.2) is 88.1 Å². The minimum absolute atomic E-state index is 0.151. The Bertz CT molecular complexity index is 1350. The topological polar surface area (TPSA) is 75.0 Å². The molecule has 0 saturated heterocycles. The maximum atomic E-state index is 12.8. The van der Waals surface area contributed by atoms with Crippen LogP contribution in [0, 0.1) is 0 Å². The average Bonchev–Trinajstić information content (AvgIpc) is 2.83. The predicted octanol–water partition coefficient (Wildman–Crippen LogP) is 4.64. The van der Waals surface area contributed by atoms with Crippen LogP contribution in [0.3, 0.4) is 0 Å². The van der Waals surface area contributed by atoms with Gasteiger partial charge >= 0.3 is 5.63 Å². The number of hydrogen-bond donors (Lipinski definition) is 1. The molecule has 34 heavy (non-hydrogen) atoms. The van der Waals surface area contributed by atoms with E-state index < -0.39 is 5.63 Å². The molecular weight excluding hydrogens is 430 g/mol. The van der Waals surface area contributed by atoms with E-state index in [1.165, 1.54) is 6.07 Å². The van der Waals surface area contributed by atoms with E-state index in [1.807, 2.05) is 84.6 Å². The minimum atomic E-state index is -0.427. The minimum Gasteiger partial charge on any atom is -0.495 e. The van der Waals surface area contributed by atoms with Crippen molar-refractivity contribution in [1.29, 1.82) is 0 Å². The lowest BCUT2D eigenvalue weighted by Crippen LogP contribution is -2.30. The first-order chi connectivity index (χ1) is 16.4. The number of carbonyl (C=O) groups excluding carboxylic acids is 1. The quantitative estimate of drug-likeness (QED) is 0.389. The summed E-state index contributed by atoms with van der Waals surface area (Å²) in [5.74, 6) is 0.399. The van der Waals surface area contributed by atoms with Crippen LogP contribution in [0.5, 0.6) is 5.75 Å². The van der Waals surface area contributed by atoms with Gasteiger partial charge in [0.1, 0.15) is 11.3 Å². The van der Waals surface area contributed by atoms with E-state index in [0.717, 1.165) is 16.6 Å². The number of methoxy groups -OCH3 is 1. The van der Waals surface area contributed by atoms with E-state index >= 15 is 0 Å². The maximum absolute atomic E-state index is 12.8. The molecule has 4 rings (SSSR count). The molecule has 174 valence electrons. The standard InChI is InChI=1S/C27H27N3O4/c1-29(17-19-9-5-4-6-10-19)18-26(31)28-22-15-20(13-14-25(22)33-3)30(2)23-16-27(32)34-24-12-8-7-11-21(23)24/h4-16H,17-18H2,1-3H3,(H,28,31). The Kier molecular flexibility index (Phi) is 6.94. The normalized spacial score (nSPS) is 10.9. The van der Waals surface area contributed by atoms with Crippen molar-refractivity contribution in [3.8, 4) is 5.75 Å². The summed E-state index contributed by atoms with van der Waals surface area (Å²) in [7, 11) is 5.33. The van der Waals surface area contributed by atoms with Gasteiger partial charge in [-0.2, -0.15) is 0 Å². The van der Waals surface area contributed by atoms with Gasteiger partial charge in [-0.1, -0.05) is 42.5 Å². The Hall–Kier alpha value is -4.10. The van der Waals surface area contributed by atoms with E-state index in [-0.39, 0.29) is 12.5 Å². The Morgan fingerprint density at radius 2 is 1.71 bits per heavy atom. The van der Waals surface area contributed by atoms with Crippen LogP contribution in [-0.2, 0) is 11.3 Å². The Balaban J connectivity index is 1.55. The summed E-state index contributed by atoms with van der Waals surface area (Å²) in [6.07, 6.45) is 0. The first-order valence-electron chi connectivity index (χ1n) is 10.9. The number of carbonyl (C=O) groups is 1. The van der Waals surface area contributed by atoms with E-state index in [1.54, 1.807) is 19.2 Å². The zero-order valence-corrected chi connectivity index (χ0v) is 19.4. The molecule has 0 radical (unpaired) electrons. The SMILES string of the molecule is COc1ccc(N(C)c2cc(=O)oc3ccccc23)cc1NC(=O)CN(C)Cc1ccccc1. The van der Waals surface area contributed by atoms with Crippen LogP contribution in [0.25, 0.3) is 11.0 Å². The fourth-order valence-corrected chi connectivity index (χ4v) is 3.90. The monoisotopic (exact) mass is 457 g/mol. The number of fused-ring (bicyclic) bond motifs is 1. The van der Waals surface area contributed by atoms with Gasteiger partial charge in [0.05, 0.1) is 25.0 Å². The summed E-state index contributed by atoms with van der Waals surface area (Å²) in [6.45, 7) is 0.889. The summed E-state index contributed by atoms with van der Waals surface area (Å²) in [5.41, 5.74) is 3.27. The smallest absolute Gasteiger partial charge is 0.338 e. The highest BCUT2D eigenvalue weighted by molar-refractivity contribution is 5.96. The first-order valence-corrected chi connectivity index (χ1v) is 10.9. The fourth-order valence-electron chi connectivity index (χ4n) is 3.90. The number of anilines is 3. The van der Waals surface area contributed by atoms with E-state index in [9.17, 15) is 9.59 Å². The molecule has 4 aromatic rings. The summed E-state index contributed by atoms with van der Waals surface area (Å²) in [5, 5.41) is 3.77. The first kappa shape index (κ1) is 23.1. The van der Waals surface area contributed by atoms with Gasteiger partial charge in [0.15, 0.2) is 0 Å². The lowest BCUT2D eigenvalue weighted by Gasteiger charge is -2.23. The highest BCUT2D eigenvalue weighted by Gasteiger charge is 2.15. The third kappa shape index (κ3) is 5.27. The molecule has 1 aromatic heterocycles. The molecule has 0 aliphatic heterocycles.